The van der Waals surface area contributed by atoms with E-state index >= 15 is 0 Å². The van der Waals surface area contributed by atoms with Crippen LogP contribution in [0.5, 0.6) is 5.75 Å². The SMILES string of the molecule is N=C(N)c1c(Cl)cccc1OCCSc1ccccc1. The van der Waals surface area contributed by atoms with Gasteiger partial charge in [-0.3, -0.25) is 5.41 Å². The molecular weight excluding hydrogens is 292 g/mol. The molecule has 0 fully saturated rings. The molecule has 2 aromatic carbocycles. The average molecular weight is 307 g/mol. The molecule has 0 amide bonds. The third-order valence-corrected chi connectivity index (χ3v) is 3.89. The molecule has 0 aliphatic heterocycles. The van der Waals surface area contributed by atoms with Crippen LogP contribution in [0.15, 0.2) is 53.4 Å². The minimum Gasteiger partial charge on any atom is -0.492 e. The molecule has 0 bridgehead atoms. The van der Waals surface area contributed by atoms with Gasteiger partial charge in [-0.05, 0) is 24.3 Å². The molecule has 0 heterocycles. The van der Waals surface area contributed by atoms with E-state index in [1.54, 1.807) is 30.0 Å². The van der Waals surface area contributed by atoms with Crippen molar-refractivity contribution in [3.05, 3.63) is 59.1 Å². The predicted molar refractivity (Wildman–Crippen MR) is 85.1 cm³/mol. The van der Waals surface area contributed by atoms with E-state index in [0.717, 1.165) is 5.75 Å². The maximum Gasteiger partial charge on any atom is 0.131 e. The van der Waals surface area contributed by atoms with Gasteiger partial charge >= 0.3 is 0 Å². The Morgan fingerprint density at radius 2 is 1.90 bits per heavy atom. The first kappa shape index (κ1) is 14.8. The number of ether oxygens (including phenoxy) is 1. The number of nitrogen functional groups attached to an aromatic ring is 1. The summed E-state index contributed by atoms with van der Waals surface area (Å²) >= 11 is 7.74. The van der Waals surface area contributed by atoms with Gasteiger partial charge in [-0.1, -0.05) is 35.9 Å². The van der Waals surface area contributed by atoms with Crippen LogP contribution < -0.4 is 10.5 Å². The minimum absolute atomic E-state index is 0.0821. The summed E-state index contributed by atoms with van der Waals surface area (Å²) in [4.78, 5) is 1.20. The summed E-state index contributed by atoms with van der Waals surface area (Å²) in [5.74, 6) is 1.29. The summed E-state index contributed by atoms with van der Waals surface area (Å²) in [6.45, 7) is 0.528. The zero-order valence-electron chi connectivity index (χ0n) is 10.8. The molecule has 0 saturated heterocycles. The van der Waals surface area contributed by atoms with Gasteiger partial charge < -0.3 is 10.5 Å². The van der Waals surface area contributed by atoms with Crippen molar-refractivity contribution in [3.63, 3.8) is 0 Å². The van der Waals surface area contributed by atoms with Crippen molar-refractivity contribution in [1.82, 2.24) is 0 Å². The number of nitrogens with two attached hydrogens (primary N) is 1. The topological polar surface area (TPSA) is 59.1 Å². The number of hydrogen-bond acceptors (Lipinski definition) is 3. The highest BCUT2D eigenvalue weighted by Crippen LogP contribution is 2.26. The molecular formula is C15H15ClN2OS. The van der Waals surface area contributed by atoms with E-state index in [1.165, 1.54) is 4.90 Å². The number of thioether (sulfide) groups is 1. The van der Waals surface area contributed by atoms with Gasteiger partial charge in [-0.2, -0.15) is 0 Å². The van der Waals surface area contributed by atoms with Gasteiger partial charge in [0.15, 0.2) is 0 Å². The second-order valence-corrected chi connectivity index (χ2v) is 5.61. The summed E-state index contributed by atoms with van der Waals surface area (Å²) < 4.78 is 5.67. The Kier molecular flexibility index (Phi) is 5.32. The molecule has 0 atom stereocenters. The van der Waals surface area contributed by atoms with Crippen molar-refractivity contribution in [2.75, 3.05) is 12.4 Å². The first-order valence-electron chi connectivity index (χ1n) is 6.12. The molecule has 0 aromatic heterocycles. The molecule has 0 aliphatic carbocycles. The van der Waals surface area contributed by atoms with E-state index in [-0.39, 0.29) is 5.84 Å². The second kappa shape index (κ2) is 7.22. The van der Waals surface area contributed by atoms with Crippen LogP contribution in [0.2, 0.25) is 5.02 Å². The van der Waals surface area contributed by atoms with Gasteiger partial charge in [0, 0.05) is 10.6 Å². The third-order valence-electron chi connectivity index (χ3n) is 2.60. The summed E-state index contributed by atoms with van der Waals surface area (Å²) in [5.41, 5.74) is 5.98. The van der Waals surface area contributed by atoms with Crippen molar-refractivity contribution in [2.24, 2.45) is 5.73 Å². The lowest BCUT2D eigenvalue weighted by Gasteiger charge is -2.11. The van der Waals surface area contributed by atoms with E-state index in [2.05, 4.69) is 12.1 Å². The summed E-state index contributed by atoms with van der Waals surface area (Å²) in [7, 11) is 0. The number of nitrogens with one attached hydrogen (secondary N) is 1. The number of rotatable bonds is 6. The number of halogens is 1. The number of hydrogen-bond donors (Lipinski definition) is 2. The van der Waals surface area contributed by atoms with Crippen molar-refractivity contribution < 1.29 is 4.74 Å². The van der Waals surface area contributed by atoms with Gasteiger partial charge in [0.25, 0.3) is 0 Å². The smallest absolute Gasteiger partial charge is 0.131 e. The van der Waals surface area contributed by atoms with E-state index in [0.29, 0.717) is 22.9 Å². The molecule has 20 heavy (non-hydrogen) atoms. The van der Waals surface area contributed by atoms with E-state index < -0.39 is 0 Å². The lowest BCUT2D eigenvalue weighted by atomic mass is 10.2. The molecule has 0 saturated carbocycles. The fourth-order valence-electron chi connectivity index (χ4n) is 1.71. The van der Waals surface area contributed by atoms with Crippen molar-refractivity contribution in [3.8, 4) is 5.75 Å². The van der Waals surface area contributed by atoms with Crippen LogP contribution in [-0.2, 0) is 0 Å². The van der Waals surface area contributed by atoms with Crippen LogP contribution in [0.25, 0.3) is 0 Å². The zero-order chi connectivity index (χ0) is 14.4. The standard InChI is InChI=1S/C15H15ClN2OS/c16-12-7-4-8-13(14(12)15(17)18)19-9-10-20-11-5-2-1-3-6-11/h1-8H,9-10H2,(H3,17,18). The molecule has 0 unspecified atom stereocenters. The highest BCUT2D eigenvalue weighted by atomic mass is 35.5. The average Bonchev–Trinajstić information content (AvgIpc) is 2.44. The lowest BCUT2D eigenvalue weighted by Crippen LogP contribution is -2.14. The Balaban J connectivity index is 1.92. The van der Waals surface area contributed by atoms with Gasteiger partial charge in [0.05, 0.1) is 17.2 Å². The van der Waals surface area contributed by atoms with Crippen LogP contribution in [0.3, 0.4) is 0 Å². The fraction of sp³-hybridized carbons (Fsp3) is 0.133. The monoisotopic (exact) mass is 306 g/mol. The summed E-state index contributed by atoms with van der Waals surface area (Å²) in [6, 6.07) is 15.4. The Bertz CT molecular complexity index is 590. The predicted octanol–water partition coefficient (Wildman–Crippen LogP) is 3.80. The Labute approximate surface area is 127 Å². The maximum atomic E-state index is 7.54. The fourth-order valence-corrected chi connectivity index (χ4v) is 2.73. The van der Waals surface area contributed by atoms with E-state index in [1.807, 2.05) is 18.2 Å². The van der Waals surface area contributed by atoms with Crippen LogP contribution >= 0.6 is 23.4 Å². The quantitative estimate of drug-likeness (QED) is 0.369. The second-order valence-electron chi connectivity index (χ2n) is 4.04. The largest absolute Gasteiger partial charge is 0.492 e. The highest BCUT2D eigenvalue weighted by molar-refractivity contribution is 7.99. The number of amidine groups is 1. The molecule has 2 aromatic rings. The van der Waals surface area contributed by atoms with Crippen molar-refractivity contribution in [2.45, 2.75) is 4.90 Å². The highest BCUT2D eigenvalue weighted by Gasteiger charge is 2.10. The Morgan fingerprint density at radius 1 is 1.15 bits per heavy atom. The van der Waals surface area contributed by atoms with E-state index in [4.69, 9.17) is 27.5 Å². The molecule has 3 nitrogen and oxygen atoms in total. The van der Waals surface area contributed by atoms with Gasteiger partial charge in [0.2, 0.25) is 0 Å². The number of benzene rings is 2. The first-order chi connectivity index (χ1) is 9.68. The van der Waals surface area contributed by atoms with Crippen LogP contribution in [-0.4, -0.2) is 18.2 Å². The van der Waals surface area contributed by atoms with Crippen LogP contribution in [0.1, 0.15) is 5.56 Å². The molecule has 0 spiro atoms. The summed E-state index contributed by atoms with van der Waals surface area (Å²) in [6.07, 6.45) is 0. The minimum atomic E-state index is -0.0821. The Morgan fingerprint density at radius 3 is 2.60 bits per heavy atom. The van der Waals surface area contributed by atoms with Crippen LogP contribution in [0.4, 0.5) is 0 Å². The zero-order valence-corrected chi connectivity index (χ0v) is 12.4. The van der Waals surface area contributed by atoms with Crippen molar-refractivity contribution in [1.29, 1.82) is 5.41 Å². The van der Waals surface area contributed by atoms with Gasteiger partial charge in [-0.25, -0.2) is 0 Å². The molecule has 104 valence electrons. The molecule has 5 heteroatoms. The van der Waals surface area contributed by atoms with Crippen molar-refractivity contribution >= 4 is 29.2 Å². The lowest BCUT2D eigenvalue weighted by molar-refractivity contribution is 0.343. The normalized spacial score (nSPS) is 10.2. The van der Waals surface area contributed by atoms with Gasteiger partial charge in [0.1, 0.15) is 11.6 Å². The van der Waals surface area contributed by atoms with E-state index in [9.17, 15) is 0 Å². The summed E-state index contributed by atoms with van der Waals surface area (Å²) in [5, 5.41) is 7.98. The van der Waals surface area contributed by atoms with Crippen LogP contribution in [0, 0.1) is 5.41 Å². The first-order valence-corrected chi connectivity index (χ1v) is 7.48. The Hall–Kier alpha value is -1.65. The molecule has 0 aliphatic rings. The molecule has 0 radical (unpaired) electrons. The molecule has 3 N–H and O–H groups in total. The van der Waals surface area contributed by atoms with Gasteiger partial charge in [-0.15, -0.1) is 11.8 Å². The maximum absolute atomic E-state index is 7.54. The third kappa shape index (κ3) is 3.92. The molecule has 2 rings (SSSR count).